The Bertz CT molecular complexity index is 662. The van der Waals surface area contributed by atoms with Gasteiger partial charge >= 0.3 is 17.9 Å². The Labute approximate surface area is 160 Å². The summed E-state index contributed by atoms with van der Waals surface area (Å²) in [5, 5.41) is 5.35. The quantitative estimate of drug-likeness (QED) is 0.513. The van der Waals surface area contributed by atoms with Gasteiger partial charge in [0, 0.05) is 18.3 Å². The molecule has 0 aliphatic carbocycles. The van der Waals surface area contributed by atoms with Gasteiger partial charge in [0.2, 0.25) is 0 Å². The molecule has 27 heavy (non-hydrogen) atoms. The minimum atomic E-state index is -0.687. The van der Waals surface area contributed by atoms with E-state index < -0.39 is 11.8 Å². The zero-order valence-corrected chi connectivity index (χ0v) is 16.1. The molecule has 7 nitrogen and oxygen atoms in total. The van der Waals surface area contributed by atoms with E-state index in [1.165, 1.54) is 12.8 Å². The summed E-state index contributed by atoms with van der Waals surface area (Å²) in [5.74, 6) is -1.32. The molecule has 148 valence electrons. The molecule has 1 aromatic carbocycles. The number of hydrogen-bond acceptors (Lipinski definition) is 4. The maximum Gasteiger partial charge on any atom is 0.410 e. The Morgan fingerprint density at radius 2 is 2.04 bits per heavy atom. The molecule has 7 heteroatoms. The van der Waals surface area contributed by atoms with Gasteiger partial charge in [-0.2, -0.15) is 0 Å². The highest BCUT2D eigenvalue weighted by Crippen LogP contribution is 2.15. The van der Waals surface area contributed by atoms with E-state index in [1.807, 2.05) is 13.0 Å². The van der Waals surface area contributed by atoms with E-state index in [1.54, 1.807) is 23.1 Å². The molecule has 1 unspecified atom stereocenters. The van der Waals surface area contributed by atoms with Crippen LogP contribution < -0.4 is 10.6 Å². The number of ether oxygens (including phenoxy) is 1. The van der Waals surface area contributed by atoms with Crippen molar-refractivity contribution in [1.82, 2.24) is 10.2 Å². The standard InChI is InChI=1S/C20H29N3O4/c1-3-4-5-6-8-15(2)21-18(24)19(25)22-17-10-7-9-16(13-17)14-23-11-12-27-20(23)26/h7,9-10,13,15H,3-6,8,11-12,14H2,1-2H3,(H,21,24)(H,22,25). The van der Waals surface area contributed by atoms with Gasteiger partial charge in [0.05, 0.1) is 6.54 Å². The third kappa shape index (κ3) is 6.92. The van der Waals surface area contributed by atoms with Gasteiger partial charge in [0.1, 0.15) is 6.61 Å². The molecular formula is C20H29N3O4. The van der Waals surface area contributed by atoms with Crippen molar-refractivity contribution in [2.45, 2.75) is 58.5 Å². The molecule has 1 saturated heterocycles. The van der Waals surface area contributed by atoms with Gasteiger partial charge in [0.25, 0.3) is 0 Å². The molecule has 1 atom stereocenters. The lowest BCUT2D eigenvalue weighted by molar-refractivity contribution is -0.136. The normalized spacial score (nSPS) is 14.6. The van der Waals surface area contributed by atoms with Gasteiger partial charge in [-0.05, 0) is 31.0 Å². The zero-order valence-electron chi connectivity index (χ0n) is 16.1. The first-order chi connectivity index (χ1) is 13.0. The summed E-state index contributed by atoms with van der Waals surface area (Å²) in [6, 6.07) is 7.07. The highest BCUT2D eigenvalue weighted by Gasteiger charge is 2.22. The van der Waals surface area contributed by atoms with Crippen molar-refractivity contribution < 1.29 is 19.1 Å². The molecule has 0 aromatic heterocycles. The molecule has 0 bridgehead atoms. The van der Waals surface area contributed by atoms with Crippen molar-refractivity contribution >= 4 is 23.6 Å². The predicted octanol–water partition coefficient (Wildman–Crippen LogP) is 3.05. The maximum absolute atomic E-state index is 12.1. The topological polar surface area (TPSA) is 87.7 Å². The smallest absolute Gasteiger partial charge is 0.410 e. The lowest BCUT2D eigenvalue weighted by Crippen LogP contribution is -2.40. The minimum Gasteiger partial charge on any atom is -0.448 e. The van der Waals surface area contributed by atoms with Crippen LogP contribution in [-0.2, 0) is 20.9 Å². The van der Waals surface area contributed by atoms with Crippen LogP contribution in [0.3, 0.4) is 0 Å². The van der Waals surface area contributed by atoms with Crippen molar-refractivity contribution in [2.24, 2.45) is 0 Å². The van der Waals surface area contributed by atoms with E-state index >= 15 is 0 Å². The first-order valence-electron chi connectivity index (χ1n) is 9.62. The second kappa shape index (κ2) is 10.5. The van der Waals surface area contributed by atoms with E-state index in [0.29, 0.717) is 25.4 Å². The predicted molar refractivity (Wildman–Crippen MR) is 103 cm³/mol. The van der Waals surface area contributed by atoms with Crippen molar-refractivity contribution in [3.8, 4) is 0 Å². The van der Waals surface area contributed by atoms with E-state index in [9.17, 15) is 14.4 Å². The van der Waals surface area contributed by atoms with Crippen LogP contribution in [0.4, 0.5) is 10.5 Å². The Kier molecular flexibility index (Phi) is 8.10. The van der Waals surface area contributed by atoms with Crippen LogP contribution >= 0.6 is 0 Å². The molecule has 1 aliphatic heterocycles. The van der Waals surface area contributed by atoms with Crippen molar-refractivity contribution in [1.29, 1.82) is 0 Å². The van der Waals surface area contributed by atoms with Crippen molar-refractivity contribution in [2.75, 3.05) is 18.5 Å². The summed E-state index contributed by atoms with van der Waals surface area (Å²) >= 11 is 0. The van der Waals surface area contributed by atoms with E-state index in [-0.39, 0.29) is 12.1 Å². The van der Waals surface area contributed by atoms with E-state index in [0.717, 1.165) is 24.8 Å². The molecule has 1 fully saturated rings. The highest BCUT2D eigenvalue weighted by molar-refractivity contribution is 6.39. The summed E-state index contributed by atoms with van der Waals surface area (Å²) in [6.07, 6.45) is 5.06. The fourth-order valence-corrected chi connectivity index (χ4v) is 2.96. The summed E-state index contributed by atoms with van der Waals surface area (Å²) in [6.45, 7) is 5.41. The lowest BCUT2D eigenvalue weighted by atomic mass is 10.1. The number of hydrogen-bond donors (Lipinski definition) is 2. The number of benzene rings is 1. The Balaban J connectivity index is 1.81. The SMILES string of the molecule is CCCCCCC(C)NC(=O)C(=O)Nc1cccc(CN2CCOC2=O)c1. The second-order valence-electron chi connectivity index (χ2n) is 6.91. The summed E-state index contributed by atoms with van der Waals surface area (Å²) < 4.78 is 4.91. The summed E-state index contributed by atoms with van der Waals surface area (Å²) in [4.78, 5) is 37.3. The molecule has 2 rings (SSSR count). The number of anilines is 1. The largest absolute Gasteiger partial charge is 0.448 e. The molecule has 1 aromatic rings. The Morgan fingerprint density at radius 1 is 1.22 bits per heavy atom. The number of unbranched alkanes of at least 4 members (excludes halogenated alkanes) is 3. The van der Waals surface area contributed by atoms with Crippen LogP contribution in [0.15, 0.2) is 24.3 Å². The van der Waals surface area contributed by atoms with E-state index in [4.69, 9.17) is 4.74 Å². The number of carbonyl (C=O) groups is 3. The molecule has 3 amide bonds. The van der Waals surface area contributed by atoms with Gasteiger partial charge in [-0.15, -0.1) is 0 Å². The first kappa shape index (κ1) is 20.7. The third-order valence-corrected chi connectivity index (χ3v) is 4.48. The fourth-order valence-electron chi connectivity index (χ4n) is 2.96. The van der Waals surface area contributed by atoms with Gasteiger partial charge in [0.15, 0.2) is 0 Å². The molecule has 0 spiro atoms. The van der Waals surface area contributed by atoms with Gasteiger partial charge < -0.3 is 20.3 Å². The fraction of sp³-hybridized carbons (Fsp3) is 0.550. The number of cyclic esters (lactones) is 1. The van der Waals surface area contributed by atoms with Crippen molar-refractivity contribution in [3.63, 3.8) is 0 Å². The molecule has 0 radical (unpaired) electrons. The first-order valence-corrected chi connectivity index (χ1v) is 9.62. The molecule has 1 aliphatic rings. The van der Waals surface area contributed by atoms with Gasteiger partial charge in [-0.3, -0.25) is 9.59 Å². The average molecular weight is 375 g/mol. The van der Waals surface area contributed by atoms with Gasteiger partial charge in [-0.25, -0.2) is 4.79 Å². The van der Waals surface area contributed by atoms with Crippen LogP contribution in [0, 0.1) is 0 Å². The van der Waals surface area contributed by atoms with Crippen LogP contribution in [-0.4, -0.2) is 42.0 Å². The van der Waals surface area contributed by atoms with Crippen LogP contribution in [0.5, 0.6) is 0 Å². The number of amides is 3. The molecule has 0 saturated carbocycles. The summed E-state index contributed by atoms with van der Waals surface area (Å²) in [5.41, 5.74) is 1.38. The van der Waals surface area contributed by atoms with Crippen molar-refractivity contribution in [3.05, 3.63) is 29.8 Å². The lowest BCUT2D eigenvalue weighted by Gasteiger charge is -2.15. The second-order valence-corrected chi connectivity index (χ2v) is 6.91. The van der Waals surface area contributed by atoms with Gasteiger partial charge in [-0.1, -0.05) is 44.7 Å². The van der Waals surface area contributed by atoms with Crippen LogP contribution in [0.25, 0.3) is 0 Å². The molecule has 2 N–H and O–H groups in total. The molecular weight excluding hydrogens is 346 g/mol. The van der Waals surface area contributed by atoms with E-state index in [2.05, 4.69) is 17.6 Å². The number of rotatable bonds is 9. The average Bonchev–Trinajstić information content (AvgIpc) is 3.03. The van der Waals surface area contributed by atoms with Crippen LogP contribution in [0.2, 0.25) is 0 Å². The number of nitrogens with zero attached hydrogens (tertiary/aromatic N) is 1. The summed E-state index contributed by atoms with van der Waals surface area (Å²) in [7, 11) is 0. The minimum absolute atomic E-state index is 0.0346. The highest BCUT2D eigenvalue weighted by atomic mass is 16.6. The molecule has 1 heterocycles. The number of nitrogens with one attached hydrogen (secondary N) is 2. The Morgan fingerprint density at radius 3 is 2.74 bits per heavy atom. The number of carbonyl (C=O) groups excluding carboxylic acids is 3. The van der Waals surface area contributed by atoms with Crippen LogP contribution in [0.1, 0.15) is 51.5 Å². The monoisotopic (exact) mass is 375 g/mol. The maximum atomic E-state index is 12.1. The zero-order chi connectivity index (χ0) is 19.6. The Hall–Kier alpha value is -2.57. The third-order valence-electron chi connectivity index (χ3n) is 4.48.